The molecule has 1 aromatic rings. The van der Waals surface area contributed by atoms with Crippen molar-refractivity contribution in [1.82, 2.24) is 4.90 Å². The molecule has 4 heteroatoms. The largest absolute Gasteiger partial charge is 0.497 e. The maximum absolute atomic E-state index is 13.8. The topological polar surface area (TPSA) is 12.5 Å². The normalized spacial score (nSPS) is 11.2. The van der Waals surface area contributed by atoms with Crippen LogP contribution in [0.15, 0.2) is 18.2 Å². The van der Waals surface area contributed by atoms with Crippen molar-refractivity contribution in [3.05, 3.63) is 29.6 Å². The molecule has 1 aromatic carbocycles. The summed E-state index contributed by atoms with van der Waals surface area (Å²) in [4.78, 5) is 2.14. The van der Waals surface area contributed by atoms with Gasteiger partial charge in [0, 0.05) is 36.6 Å². The van der Waals surface area contributed by atoms with E-state index in [1.165, 1.54) is 13.2 Å². The number of rotatable bonds is 6. The molecule has 0 amide bonds. The quantitative estimate of drug-likeness (QED) is 0.727. The van der Waals surface area contributed by atoms with E-state index in [2.05, 4.69) is 18.7 Å². The highest BCUT2D eigenvalue weighted by atomic mass is 35.5. The third kappa shape index (κ3) is 4.17. The Balaban J connectivity index is 2.78. The van der Waals surface area contributed by atoms with Gasteiger partial charge in [0.25, 0.3) is 0 Å². The van der Waals surface area contributed by atoms with E-state index in [0.717, 1.165) is 6.54 Å². The van der Waals surface area contributed by atoms with Crippen LogP contribution in [0.2, 0.25) is 0 Å². The summed E-state index contributed by atoms with van der Waals surface area (Å²) < 4.78 is 18.7. The lowest BCUT2D eigenvalue weighted by atomic mass is 10.1. The maximum Gasteiger partial charge on any atom is 0.131 e. The number of benzene rings is 1. The van der Waals surface area contributed by atoms with Gasteiger partial charge in [0.2, 0.25) is 0 Å². The van der Waals surface area contributed by atoms with Gasteiger partial charge in [-0.15, -0.1) is 11.6 Å². The summed E-state index contributed by atoms with van der Waals surface area (Å²) in [6.07, 6.45) is 0. The molecule has 0 bridgehead atoms. The van der Waals surface area contributed by atoms with Gasteiger partial charge in [0.05, 0.1) is 7.11 Å². The zero-order valence-corrected chi connectivity index (χ0v) is 11.3. The van der Waals surface area contributed by atoms with E-state index >= 15 is 0 Å². The van der Waals surface area contributed by atoms with Crippen molar-refractivity contribution in [3.63, 3.8) is 0 Å². The van der Waals surface area contributed by atoms with Gasteiger partial charge in [0.1, 0.15) is 11.6 Å². The zero-order valence-electron chi connectivity index (χ0n) is 10.5. The Morgan fingerprint density at radius 3 is 2.59 bits per heavy atom. The van der Waals surface area contributed by atoms with E-state index in [4.69, 9.17) is 16.3 Å². The first kappa shape index (κ1) is 14.3. The zero-order chi connectivity index (χ0) is 12.8. The minimum Gasteiger partial charge on any atom is -0.497 e. The molecule has 0 aromatic heterocycles. The molecule has 0 heterocycles. The average molecular weight is 260 g/mol. The second-order valence-electron chi connectivity index (χ2n) is 4.21. The van der Waals surface area contributed by atoms with E-state index in [1.807, 2.05) is 0 Å². The lowest BCUT2D eigenvalue weighted by Crippen LogP contribution is -2.32. The highest BCUT2D eigenvalue weighted by Crippen LogP contribution is 2.18. The van der Waals surface area contributed by atoms with Crippen LogP contribution >= 0.6 is 11.6 Å². The first-order valence-electron chi connectivity index (χ1n) is 5.71. The van der Waals surface area contributed by atoms with E-state index < -0.39 is 0 Å². The maximum atomic E-state index is 13.8. The molecule has 17 heavy (non-hydrogen) atoms. The highest BCUT2D eigenvalue weighted by molar-refractivity contribution is 6.18. The molecule has 0 fully saturated rings. The third-order valence-corrected chi connectivity index (χ3v) is 2.90. The summed E-state index contributed by atoms with van der Waals surface area (Å²) in [5.41, 5.74) is 0.671. The Morgan fingerprint density at radius 1 is 1.41 bits per heavy atom. The fraction of sp³-hybridized carbons (Fsp3) is 0.538. The first-order valence-corrected chi connectivity index (χ1v) is 6.24. The van der Waals surface area contributed by atoms with E-state index in [9.17, 15) is 4.39 Å². The minimum absolute atomic E-state index is 0.232. The average Bonchev–Trinajstić information content (AvgIpc) is 2.30. The number of hydrogen-bond donors (Lipinski definition) is 0. The first-order chi connectivity index (χ1) is 8.08. The Kier molecular flexibility index (Phi) is 5.72. The second-order valence-corrected chi connectivity index (χ2v) is 4.59. The van der Waals surface area contributed by atoms with Crippen molar-refractivity contribution in [2.45, 2.75) is 26.4 Å². The molecule has 1 rings (SSSR count). The van der Waals surface area contributed by atoms with Gasteiger partial charge in [-0.05, 0) is 19.9 Å². The van der Waals surface area contributed by atoms with Gasteiger partial charge < -0.3 is 4.74 Å². The molecule has 96 valence electrons. The van der Waals surface area contributed by atoms with Crippen LogP contribution in [-0.2, 0) is 6.54 Å². The third-order valence-electron chi connectivity index (χ3n) is 2.74. The van der Waals surface area contributed by atoms with Gasteiger partial charge in [-0.1, -0.05) is 6.07 Å². The van der Waals surface area contributed by atoms with Gasteiger partial charge in [-0.3, -0.25) is 4.90 Å². The van der Waals surface area contributed by atoms with Crippen LogP contribution in [0.4, 0.5) is 4.39 Å². The molecule has 0 aliphatic carbocycles. The summed E-state index contributed by atoms with van der Waals surface area (Å²) in [6.45, 7) is 5.48. The van der Waals surface area contributed by atoms with E-state index in [1.54, 1.807) is 12.1 Å². The molecule has 0 saturated heterocycles. The van der Waals surface area contributed by atoms with Crippen LogP contribution in [0.25, 0.3) is 0 Å². The summed E-state index contributed by atoms with van der Waals surface area (Å²) in [5, 5.41) is 0. The summed E-state index contributed by atoms with van der Waals surface area (Å²) in [6, 6.07) is 5.29. The molecule has 0 radical (unpaired) electrons. The predicted octanol–water partition coefficient (Wildman–Crippen LogP) is 3.28. The fourth-order valence-electron chi connectivity index (χ4n) is 1.63. The van der Waals surface area contributed by atoms with Crippen molar-refractivity contribution in [3.8, 4) is 5.75 Å². The van der Waals surface area contributed by atoms with Gasteiger partial charge in [-0.2, -0.15) is 0 Å². The standard InChI is InChI=1S/C13H19ClFNO/c1-10(2)16(7-6-14)9-11-4-5-12(17-3)8-13(11)15/h4-5,8,10H,6-7,9H2,1-3H3. The van der Waals surface area contributed by atoms with E-state index in [-0.39, 0.29) is 5.82 Å². The Morgan fingerprint density at radius 2 is 2.12 bits per heavy atom. The number of hydrogen-bond acceptors (Lipinski definition) is 2. The molecule has 0 N–H and O–H groups in total. The predicted molar refractivity (Wildman–Crippen MR) is 69.2 cm³/mol. The van der Waals surface area contributed by atoms with Crippen molar-refractivity contribution in [1.29, 1.82) is 0 Å². The molecular formula is C13H19ClFNO. The van der Waals surface area contributed by atoms with Crippen molar-refractivity contribution >= 4 is 11.6 Å². The lowest BCUT2D eigenvalue weighted by Gasteiger charge is -2.25. The molecule has 0 unspecified atom stereocenters. The number of halogens is 2. The second kappa shape index (κ2) is 6.82. The molecule has 0 aliphatic heterocycles. The SMILES string of the molecule is COc1ccc(CN(CCCl)C(C)C)c(F)c1. The smallest absolute Gasteiger partial charge is 0.131 e. The Hall–Kier alpha value is -0.800. The number of ether oxygens (including phenoxy) is 1. The van der Waals surface area contributed by atoms with Crippen molar-refractivity contribution in [2.24, 2.45) is 0 Å². The Bertz CT molecular complexity index is 357. The van der Waals surface area contributed by atoms with Crippen LogP contribution in [0, 0.1) is 5.82 Å². The minimum atomic E-state index is -0.232. The highest BCUT2D eigenvalue weighted by Gasteiger charge is 2.12. The molecule has 0 atom stereocenters. The Labute approximate surface area is 107 Å². The number of alkyl halides is 1. The van der Waals surface area contributed by atoms with Gasteiger partial charge in [-0.25, -0.2) is 4.39 Å². The fourth-order valence-corrected chi connectivity index (χ4v) is 1.85. The molecule has 0 spiro atoms. The monoisotopic (exact) mass is 259 g/mol. The lowest BCUT2D eigenvalue weighted by molar-refractivity contribution is 0.223. The van der Waals surface area contributed by atoms with Crippen LogP contribution < -0.4 is 4.74 Å². The van der Waals surface area contributed by atoms with E-state index in [0.29, 0.717) is 29.8 Å². The molecule has 0 aliphatic rings. The number of nitrogens with zero attached hydrogens (tertiary/aromatic N) is 1. The molecular weight excluding hydrogens is 241 g/mol. The van der Waals surface area contributed by atoms with Crippen molar-refractivity contribution in [2.75, 3.05) is 19.5 Å². The van der Waals surface area contributed by atoms with Crippen LogP contribution in [0.1, 0.15) is 19.4 Å². The number of methoxy groups -OCH3 is 1. The molecule has 2 nitrogen and oxygen atoms in total. The van der Waals surface area contributed by atoms with Gasteiger partial charge in [0.15, 0.2) is 0 Å². The summed E-state index contributed by atoms with van der Waals surface area (Å²) in [5.74, 6) is 0.861. The summed E-state index contributed by atoms with van der Waals surface area (Å²) >= 11 is 5.74. The van der Waals surface area contributed by atoms with Crippen LogP contribution in [-0.4, -0.2) is 30.5 Å². The van der Waals surface area contributed by atoms with Crippen LogP contribution in [0.3, 0.4) is 0 Å². The van der Waals surface area contributed by atoms with Crippen molar-refractivity contribution < 1.29 is 9.13 Å². The molecule has 0 saturated carbocycles. The summed E-state index contributed by atoms with van der Waals surface area (Å²) in [7, 11) is 1.53. The van der Waals surface area contributed by atoms with Crippen LogP contribution in [0.5, 0.6) is 5.75 Å². The van der Waals surface area contributed by atoms with Gasteiger partial charge >= 0.3 is 0 Å².